The molecule has 0 amide bonds. The van der Waals surface area contributed by atoms with E-state index < -0.39 is 0 Å². The summed E-state index contributed by atoms with van der Waals surface area (Å²) in [6, 6.07) is 0. The molecule has 0 bridgehead atoms. The summed E-state index contributed by atoms with van der Waals surface area (Å²) in [5.74, 6) is 1.42. The topological polar surface area (TPSA) is 66.8 Å². The quantitative estimate of drug-likeness (QED) is 0.907. The summed E-state index contributed by atoms with van der Waals surface area (Å²) in [5, 5.41) is 5.85. The summed E-state index contributed by atoms with van der Waals surface area (Å²) in [7, 11) is 0. The SMILES string of the molecule is CCNc1nc(Sc2nccs2)nc(N2CCCCC2)n1. The van der Waals surface area contributed by atoms with E-state index in [9.17, 15) is 0 Å². The van der Waals surface area contributed by atoms with Crippen molar-refractivity contribution in [2.75, 3.05) is 29.9 Å². The molecule has 1 fully saturated rings. The molecule has 1 saturated heterocycles. The van der Waals surface area contributed by atoms with Gasteiger partial charge in [0.1, 0.15) is 0 Å². The first kappa shape index (κ1) is 14.5. The lowest BCUT2D eigenvalue weighted by Gasteiger charge is -2.26. The van der Waals surface area contributed by atoms with Gasteiger partial charge in [0, 0.05) is 31.2 Å². The number of aromatic nitrogens is 4. The van der Waals surface area contributed by atoms with E-state index in [0.717, 1.165) is 29.9 Å². The lowest BCUT2D eigenvalue weighted by molar-refractivity contribution is 0.565. The molecular formula is C13H18N6S2. The van der Waals surface area contributed by atoms with Gasteiger partial charge in [-0.25, -0.2) is 4.98 Å². The van der Waals surface area contributed by atoms with Gasteiger partial charge in [-0.15, -0.1) is 11.3 Å². The van der Waals surface area contributed by atoms with E-state index in [-0.39, 0.29) is 0 Å². The van der Waals surface area contributed by atoms with Crippen LogP contribution in [-0.4, -0.2) is 39.6 Å². The first-order valence-corrected chi connectivity index (χ1v) is 8.87. The molecule has 112 valence electrons. The number of anilines is 2. The first-order valence-electron chi connectivity index (χ1n) is 7.17. The highest BCUT2D eigenvalue weighted by atomic mass is 32.2. The standard InChI is InChI=1S/C13H18N6S2/c1-2-14-10-16-11(19-7-4-3-5-8-19)18-12(17-10)21-13-15-6-9-20-13/h6,9H,2-5,7-8H2,1H3,(H,14,16,17,18). The fourth-order valence-electron chi connectivity index (χ4n) is 2.20. The molecule has 1 aliphatic heterocycles. The molecule has 0 radical (unpaired) electrons. The van der Waals surface area contributed by atoms with Gasteiger partial charge in [0.05, 0.1) is 0 Å². The van der Waals surface area contributed by atoms with Crippen LogP contribution in [0.15, 0.2) is 21.1 Å². The molecule has 0 aromatic carbocycles. The summed E-state index contributed by atoms with van der Waals surface area (Å²) in [4.78, 5) is 20.1. The predicted octanol–water partition coefficient (Wildman–Crippen LogP) is 2.90. The number of nitrogens with zero attached hydrogens (tertiary/aromatic N) is 5. The number of rotatable bonds is 5. The first-order chi connectivity index (χ1) is 10.3. The second kappa shape index (κ2) is 7.04. The molecule has 0 atom stereocenters. The Hall–Kier alpha value is -1.41. The summed E-state index contributed by atoms with van der Waals surface area (Å²) in [5.41, 5.74) is 0. The molecule has 0 aliphatic carbocycles. The second-order valence-electron chi connectivity index (χ2n) is 4.72. The van der Waals surface area contributed by atoms with Gasteiger partial charge in [-0.2, -0.15) is 15.0 Å². The van der Waals surface area contributed by atoms with Gasteiger partial charge < -0.3 is 10.2 Å². The van der Waals surface area contributed by atoms with Crippen molar-refractivity contribution in [1.29, 1.82) is 0 Å². The molecule has 2 aromatic rings. The van der Waals surface area contributed by atoms with E-state index in [1.807, 2.05) is 12.3 Å². The van der Waals surface area contributed by atoms with Crippen LogP contribution in [0.3, 0.4) is 0 Å². The molecule has 0 saturated carbocycles. The van der Waals surface area contributed by atoms with Crippen molar-refractivity contribution in [2.45, 2.75) is 35.7 Å². The smallest absolute Gasteiger partial charge is 0.231 e. The van der Waals surface area contributed by atoms with Crippen LogP contribution < -0.4 is 10.2 Å². The Labute approximate surface area is 132 Å². The Morgan fingerprint density at radius 3 is 2.81 bits per heavy atom. The fourth-order valence-corrected chi connectivity index (χ4v) is 3.67. The fraction of sp³-hybridized carbons (Fsp3) is 0.538. The predicted molar refractivity (Wildman–Crippen MR) is 86.3 cm³/mol. The lowest BCUT2D eigenvalue weighted by atomic mass is 10.1. The van der Waals surface area contributed by atoms with Gasteiger partial charge in [-0.3, -0.25) is 0 Å². The Morgan fingerprint density at radius 2 is 2.10 bits per heavy atom. The number of hydrogen-bond donors (Lipinski definition) is 1. The van der Waals surface area contributed by atoms with Crippen molar-refractivity contribution in [3.05, 3.63) is 11.6 Å². The average molecular weight is 322 g/mol. The summed E-state index contributed by atoms with van der Waals surface area (Å²) < 4.78 is 0.952. The van der Waals surface area contributed by atoms with Crippen molar-refractivity contribution < 1.29 is 0 Å². The molecule has 1 aliphatic rings. The number of piperidine rings is 1. The van der Waals surface area contributed by atoms with Gasteiger partial charge in [0.2, 0.25) is 17.1 Å². The Balaban J connectivity index is 1.85. The zero-order valence-corrected chi connectivity index (χ0v) is 13.6. The van der Waals surface area contributed by atoms with Crippen molar-refractivity contribution in [3.8, 4) is 0 Å². The van der Waals surface area contributed by atoms with Crippen LogP contribution in [-0.2, 0) is 0 Å². The minimum absolute atomic E-state index is 0.645. The maximum Gasteiger partial charge on any atom is 0.231 e. The van der Waals surface area contributed by atoms with Crippen molar-refractivity contribution in [3.63, 3.8) is 0 Å². The van der Waals surface area contributed by atoms with Crippen LogP contribution in [0.25, 0.3) is 0 Å². The molecule has 0 unspecified atom stereocenters. The molecule has 2 aromatic heterocycles. The van der Waals surface area contributed by atoms with E-state index in [0.29, 0.717) is 11.1 Å². The molecule has 21 heavy (non-hydrogen) atoms. The monoisotopic (exact) mass is 322 g/mol. The Kier molecular flexibility index (Phi) is 4.87. The normalized spacial score (nSPS) is 15.2. The van der Waals surface area contributed by atoms with Crippen molar-refractivity contribution in [2.24, 2.45) is 0 Å². The van der Waals surface area contributed by atoms with E-state index in [1.165, 1.54) is 31.0 Å². The van der Waals surface area contributed by atoms with Crippen molar-refractivity contribution in [1.82, 2.24) is 19.9 Å². The molecule has 0 spiro atoms. The maximum absolute atomic E-state index is 4.61. The Morgan fingerprint density at radius 1 is 1.24 bits per heavy atom. The van der Waals surface area contributed by atoms with Gasteiger partial charge in [0.25, 0.3) is 0 Å². The van der Waals surface area contributed by atoms with Gasteiger partial charge in [0.15, 0.2) is 4.34 Å². The zero-order valence-electron chi connectivity index (χ0n) is 11.9. The zero-order chi connectivity index (χ0) is 14.5. The van der Waals surface area contributed by atoms with Crippen LogP contribution in [0, 0.1) is 0 Å². The number of hydrogen-bond acceptors (Lipinski definition) is 8. The van der Waals surface area contributed by atoms with Crippen LogP contribution in [0.2, 0.25) is 0 Å². The highest BCUT2D eigenvalue weighted by molar-refractivity contribution is 8.00. The lowest BCUT2D eigenvalue weighted by Crippen LogP contribution is -2.31. The summed E-state index contributed by atoms with van der Waals surface area (Å²) in [6.07, 6.45) is 5.50. The molecule has 6 nitrogen and oxygen atoms in total. The molecule has 1 N–H and O–H groups in total. The molecular weight excluding hydrogens is 304 g/mol. The van der Waals surface area contributed by atoms with E-state index in [1.54, 1.807) is 17.5 Å². The highest BCUT2D eigenvalue weighted by Gasteiger charge is 2.17. The van der Waals surface area contributed by atoms with E-state index in [2.05, 4.69) is 30.2 Å². The van der Waals surface area contributed by atoms with E-state index in [4.69, 9.17) is 0 Å². The van der Waals surface area contributed by atoms with Crippen LogP contribution in [0.5, 0.6) is 0 Å². The van der Waals surface area contributed by atoms with Crippen LogP contribution >= 0.6 is 23.1 Å². The largest absolute Gasteiger partial charge is 0.354 e. The minimum atomic E-state index is 0.645. The third-order valence-corrected chi connectivity index (χ3v) is 4.91. The second-order valence-corrected chi connectivity index (χ2v) is 6.83. The van der Waals surface area contributed by atoms with E-state index >= 15 is 0 Å². The van der Waals surface area contributed by atoms with Gasteiger partial charge in [-0.05, 0) is 37.9 Å². The van der Waals surface area contributed by atoms with Crippen LogP contribution in [0.1, 0.15) is 26.2 Å². The average Bonchev–Trinajstić information content (AvgIpc) is 3.01. The Bertz CT molecular complexity index is 568. The molecule has 3 rings (SSSR count). The maximum atomic E-state index is 4.61. The number of nitrogens with one attached hydrogen (secondary N) is 1. The summed E-state index contributed by atoms with van der Waals surface area (Å²) in [6.45, 7) is 4.89. The van der Waals surface area contributed by atoms with Crippen LogP contribution in [0.4, 0.5) is 11.9 Å². The summed E-state index contributed by atoms with van der Waals surface area (Å²) >= 11 is 3.09. The third kappa shape index (κ3) is 3.82. The molecule has 8 heteroatoms. The van der Waals surface area contributed by atoms with Gasteiger partial charge >= 0.3 is 0 Å². The number of thiazole rings is 1. The minimum Gasteiger partial charge on any atom is -0.354 e. The van der Waals surface area contributed by atoms with Gasteiger partial charge in [-0.1, -0.05) is 0 Å². The van der Waals surface area contributed by atoms with Crippen molar-refractivity contribution >= 4 is 35.0 Å². The highest BCUT2D eigenvalue weighted by Crippen LogP contribution is 2.28. The molecule has 3 heterocycles. The third-order valence-electron chi connectivity index (χ3n) is 3.17.